The monoisotopic (exact) mass is 234 g/mol. The minimum atomic E-state index is -0.559. The van der Waals surface area contributed by atoms with E-state index in [-0.39, 0.29) is 5.91 Å². The standard InChI is InChI=1S/C12H14N2O3/c1-12(6-17-7-12)11(16)14-9-5-3-2-4-8(9)10(13)15/h2-5H,6-7H2,1H3,(H2,13,15)(H,14,16). The summed E-state index contributed by atoms with van der Waals surface area (Å²) in [6, 6.07) is 6.67. The predicted octanol–water partition coefficient (Wildman–Crippen LogP) is 0.760. The van der Waals surface area contributed by atoms with Crippen LogP contribution in [-0.4, -0.2) is 25.0 Å². The van der Waals surface area contributed by atoms with Gasteiger partial charge in [-0.05, 0) is 19.1 Å². The second-order valence-corrected chi connectivity index (χ2v) is 4.42. The van der Waals surface area contributed by atoms with Gasteiger partial charge in [0.25, 0.3) is 5.91 Å². The first-order chi connectivity index (χ1) is 8.03. The molecule has 17 heavy (non-hydrogen) atoms. The molecule has 1 fully saturated rings. The van der Waals surface area contributed by atoms with Crippen molar-refractivity contribution in [3.05, 3.63) is 29.8 Å². The lowest BCUT2D eigenvalue weighted by Crippen LogP contribution is -2.49. The van der Waals surface area contributed by atoms with E-state index >= 15 is 0 Å². The third kappa shape index (κ3) is 2.14. The van der Waals surface area contributed by atoms with Crippen LogP contribution in [0.25, 0.3) is 0 Å². The van der Waals surface area contributed by atoms with E-state index in [2.05, 4.69) is 5.32 Å². The van der Waals surface area contributed by atoms with Crippen LogP contribution >= 0.6 is 0 Å². The van der Waals surface area contributed by atoms with Crippen molar-refractivity contribution in [3.63, 3.8) is 0 Å². The van der Waals surface area contributed by atoms with Crippen molar-refractivity contribution in [2.45, 2.75) is 6.92 Å². The minimum Gasteiger partial charge on any atom is -0.379 e. The van der Waals surface area contributed by atoms with Gasteiger partial charge in [0, 0.05) is 0 Å². The van der Waals surface area contributed by atoms with Gasteiger partial charge in [0.15, 0.2) is 0 Å². The SMILES string of the molecule is CC1(C(=O)Nc2ccccc2C(N)=O)COC1. The molecule has 3 N–H and O–H groups in total. The summed E-state index contributed by atoms with van der Waals surface area (Å²) in [5, 5.41) is 2.71. The Kier molecular flexibility index (Phi) is 2.85. The van der Waals surface area contributed by atoms with E-state index in [1.165, 1.54) is 0 Å². The molecule has 0 saturated carbocycles. The summed E-state index contributed by atoms with van der Waals surface area (Å²) in [4.78, 5) is 23.1. The van der Waals surface area contributed by atoms with Crippen LogP contribution in [-0.2, 0) is 9.53 Å². The van der Waals surface area contributed by atoms with E-state index < -0.39 is 11.3 Å². The third-order valence-corrected chi connectivity index (χ3v) is 2.83. The Morgan fingerprint density at radius 1 is 1.35 bits per heavy atom. The molecule has 1 aliphatic rings. The van der Waals surface area contributed by atoms with Crippen molar-refractivity contribution >= 4 is 17.5 Å². The molecule has 1 aromatic rings. The molecular formula is C12H14N2O3. The number of nitrogens with one attached hydrogen (secondary N) is 1. The molecule has 1 aliphatic heterocycles. The third-order valence-electron chi connectivity index (χ3n) is 2.83. The number of primary amides is 1. The molecule has 90 valence electrons. The smallest absolute Gasteiger partial charge is 0.250 e. The number of para-hydroxylation sites is 1. The number of hydrogen-bond donors (Lipinski definition) is 2. The van der Waals surface area contributed by atoms with Crippen LogP contribution in [0.15, 0.2) is 24.3 Å². The Labute approximate surface area is 98.9 Å². The van der Waals surface area contributed by atoms with E-state index in [4.69, 9.17) is 10.5 Å². The average molecular weight is 234 g/mol. The zero-order valence-electron chi connectivity index (χ0n) is 9.53. The number of benzene rings is 1. The lowest BCUT2D eigenvalue weighted by Gasteiger charge is -2.36. The Morgan fingerprint density at radius 3 is 2.53 bits per heavy atom. The number of hydrogen-bond acceptors (Lipinski definition) is 3. The molecule has 0 radical (unpaired) electrons. The Bertz CT molecular complexity index is 467. The Balaban J connectivity index is 2.18. The maximum absolute atomic E-state index is 11.9. The van der Waals surface area contributed by atoms with E-state index in [0.29, 0.717) is 24.5 Å². The summed E-state index contributed by atoms with van der Waals surface area (Å²) in [7, 11) is 0. The summed E-state index contributed by atoms with van der Waals surface area (Å²) < 4.78 is 5.02. The number of carbonyl (C=O) groups is 2. The lowest BCUT2D eigenvalue weighted by atomic mass is 9.87. The molecule has 2 rings (SSSR count). The number of rotatable bonds is 3. The second kappa shape index (κ2) is 4.18. The fourth-order valence-corrected chi connectivity index (χ4v) is 1.62. The highest BCUT2D eigenvalue weighted by atomic mass is 16.5. The molecule has 2 amide bonds. The number of ether oxygens (including phenoxy) is 1. The predicted molar refractivity (Wildman–Crippen MR) is 62.5 cm³/mol. The highest BCUT2D eigenvalue weighted by molar-refractivity contribution is 6.04. The molecule has 0 unspecified atom stereocenters. The first-order valence-electron chi connectivity index (χ1n) is 5.31. The van der Waals surface area contributed by atoms with E-state index in [1.54, 1.807) is 24.3 Å². The average Bonchev–Trinajstić information content (AvgIpc) is 2.26. The molecule has 0 atom stereocenters. The van der Waals surface area contributed by atoms with Gasteiger partial charge in [0.05, 0.1) is 29.9 Å². The Morgan fingerprint density at radius 2 is 2.00 bits per heavy atom. The summed E-state index contributed by atoms with van der Waals surface area (Å²) in [5.74, 6) is -0.714. The van der Waals surface area contributed by atoms with E-state index in [0.717, 1.165) is 0 Å². The molecule has 1 aromatic carbocycles. The van der Waals surface area contributed by atoms with Crippen LogP contribution in [0, 0.1) is 5.41 Å². The van der Waals surface area contributed by atoms with Crippen LogP contribution in [0.2, 0.25) is 0 Å². The van der Waals surface area contributed by atoms with Gasteiger partial charge < -0.3 is 15.8 Å². The highest BCUT2D eigenvalue weighted by Crippen LogP contribution is 2.28. The van der Waals surface area contributed by atoms with Gasteiger partial charge >= 0.3 is 0 Å². The normalized spacial score (nSPS) is 17.0. The van der Waals surface area contributed by atoms with E-state index in [9.17, 15) is 9.59 Å². The minimum absolute atomic E-state index is 0.155. The van der Waals surface area contributed by atoms with Gasteiger partial charge in [-0.2, -0.15) is 0 Å². The largest absolute Gasteiger partial charge is 0.379 e. The van der Waals surface area contributed by atoms with Crippen molar-refractivity contribution < 1.29 is 14.3 Å². The molecule has 5 heteroatoms. The maximum Gasteiger partial charge on any atom is 0.250 e. The van der Waals surface area contributed by atoms with E-state index in [1.807, 2.05) is 6.92 Å². The lowest BCUT2D eigenvalue weighted by molar-refractivity contribution is -0.151. The molecular weight excluding hydrogens is 220 g/mol. The summed E-state index contributed by atoms with van der Waals surface area (Å²) in [6.07, 6.45) is 0. The van der Waals surface area contributed by atoms with Gasteiger partial charge in [-0.15, -0.1) is 0 Å². The molecule has 0 bridgehead atoms. The Hall–Kier alpha value is -1.88. The molecule has 0 aromatic heterocycles. The van der Waals surface area contributed by atoms with Gasteiger partial charge in [-0.3, -0.25) is 9.59 Å². The molecule has 0 spiro atoms. The molecule has 0 aliphatic carbocycles. The van der Waals surface area contributed by atoms with Gasteiger partial charge in [-0.25, -0.2) is 0 Å². The second-order valence-electron chi connectivity index (χ2n) is 4.42. The van der Waals surface area contributed by atoms with Crippen molar-refractivity contribution in [3.8, 4) is 0 Å². The van der Waals surface area contributed by atoms with Crippen molar-refractivity contribution in [1.29, 1.82) is 0 Å². The van der Waals surface area contributed by atoms with Crippen LogP contribution in [0.4, 0.5) is 5.69 Å². The quantitative estimate of drug-likeness (QED) is 0.810. The van der Waals surface area contributed by atoms with Gasteiger partial charge in [0.1, 0.15) is 0 Å². The number of nitrogens with two attached hydrogens (primary N) is 1. The summed E-state index contributed by atoms with van der Waals surface area (Å²) in [6.45, 7) is 2.62. The first-order valence-corrected chi connectivity index (χ1v) is 5.31. The van der Waals surface area contributed by atoms with Crippen LogP contribution in [0.1, 0.15) is 17.3 Å². The molecule has 1 heterocycles. The first kappa shape index (κ1) is 11.6. The van der Waals surface area contributed by atoms with Gasteiger partial charge in [-0.1, -0.05) is 12.1 Å². The zero-order chi connectivity index (χ0) is 12.5. The van der Waals surface area contributed by atoms with Crippen LogP contribution < -0.4 is 11.1 Å². The van der Waals surface area contributed by atoms with Crippen molar-refractivity contribution in [2.24, 2.45) is 11.1 Å². The fraction of sp³-hybridized carbons (Fsp3) is 0.333. The number of carbonyl (C=O) groups excluding carboxylic acids is 2. The van der Waals surface area contributed by atoms with Gasteiger partial charge in [0.2, 0.25) is 5.91 Å². The topological polar surface area (TPSA) is 81.4 Å². The molecule has 1 saturated heterocycles. The van der Waals surface area contributed by atoms with Crippen LogP contribution in [0.5, 0.6) is 0 Å². The summed E-state index contributed by atoms with van der Waals surface area (Å²) >= 11 is 0. The summed E-state index contributed by atoms with van der Waals surface area (Å²) in [5.41, 5.74) is 5.47. The maximum atomic E-state index is 11.9. The fourth-order valence-electron chi connectivity index (χ4n) is 1.62. The zero-order valence-corrected chi connectivity index (χ0v) is 9.53. The number of amides is 2. The molecule has 5 nitrogen and oxygen atoms in total. The van der Waals surface area contributed by atoms with Crippen molar-refractivity contribution in [2.75, 3.05) is 18.5 Å². The van der Waals surface area contributed by atoms with Crippen molar-refractivity contribution in [1.82, 2.24) is 0 Å². The van der Waals surface area contributed by atoms with Crippen LogP contribution in [0.3, 0.4) is 0 Å². The highest BCUT2D eigenvalue weighted by Gasteiger charge is 2.41. The number of anilines is 1.